The van der Waals surface area contributed by atoms with Gasteiger partial charge in [-0.3, -0.25) is 0 Å². The molecule has 1 atom stereocenters. The van der Waals surface area contributed by atoms with Gasteiger partial charge in [0.1, 0.15) is 0 Å². The Labute approximate surface area is 124 Å². The van der Waals surface area contributed by atoms with Gasteiger partial charge in [-0.25, -0.2) is 12.7 Å². The molecule has 1 N–H and O–H groups in total. The molecule has 1 aromatic carbocycles. The minimum atomic E-state index is -3.18. The minimum Gasteiger partial charge on any atom is -0.309 e. The highest BCUT2D eigenvalue weighted by Gasteiger charge is 2.15. The summed E-state index contributed by atoms with van der Waals surface area (Å²) in [6, 6.07) is 5.16. The molecule has 0 fully saturated rings. The largest absolute Gasteiger partial charge is 0.309 e. The summed E-state index contributed by atoms with van der Waals surface area (Å²) in [5.41, 5.74) is 0.858. The highest BCUT2D eigenvalue weighted by molar-refractivity contribution is 7.89. The molecule has 0 spiro atoms. The Kier molecular flexibility index (Phi) is 6.08. The fraction of sp³-hybridized carbons (Fsp3) is 0.500. The van der Waals surface area contributed by atoms with Crippen LogP contribution >= 0.6 is 23.2 Å². The van der Waals surface area contributed by atoms with Gasteiger partial charge in [0.2, 0.25) is 10.0 Å². The molecule has 1 rings (SSSR count). The van der Waals surface area contributed by atoms with E-state index in [0.29, 0.717) is 16.6 Å². The number of rotatable bonds is 6. The van der Waals surface area contributed by atoms with Gasteiger partial charge in [0.25, 0.3) is 0 Å². The van der Waals surface area contributed by atoms with Crippen molar-refractivity contribution in [1.82, 2.24) is 9.62 Å². The monoisotopic (exact) mass is 324 g/mol. The third-order valence-electron chi connectivity index (χ3n) is 2.79. The van der Waals surface area contributed by atoms with Crippen LogP contribution in [0.15, 0.2) is 18.2 Å². The lowest BCUT2D eigenvalue weighted by Crippen LogP contribution is -2.32. The Bertz CT molecular complexity index is 533. The second-order valence-electron chi connectivity index (χ2n) is 4.44. The highest BCUT2D eigenvalue weighted by Crippen LogP contribution is 2.25. The molecule has 0 aliphatic rings. The SMILES string of the molecule is CC(NCCS(=O)(=O)N(C)C)c1cc(Cl)ccc1Cl. The number of sulfonamides is 1. The fourth-order valence-electron chi connectivity index (χ4n) is 1.54. The zero-order valence-corrected chi connectivity index (χ0v) is 13.5. The number of hydrogen-bond acceptors (Lipinski definition) is 3. The molecule has 0 saturated carbocycles. The van der Waals surface area contributed by atoms with Gasteiger partial charge in [-0.15, -0.1) is 0 Å². The topological polar surface area (TPSA) is 49.4 Å². The van der Waals surface area contributed by atoms with Crippen LogP contribution in [0.5, 0.6) is 0 Å². The van der Waals surface area contributed by atoms with E-state index in [1.807, 2.05) is 6.92 Å². The quantitative estimate of drug-likeness (QED) is 0.874. The first-order valence-corrected chi connectivity index (χ1v) is 8.19. The number of nitrogens with zero attached hydrogens (tertiary/aromatic N) is 1. The van der Waals surface area contributed by atoms with Crippen molar-refractivity contribution in [3.8, 4) is 0 Å². The van der Waals surface area contributed by atoms with E-state index in [0.717, 1.165) is 5.56 Å². The highest BCUT2D eigenvalue weighted by atomic mass is 35.5. The molecule has 19 heavy (non-hydrogen) atoms. The molecule has 108 valence electrons. The first-order valence-electron chi connectivity index (χ1n) is 5.82. The van der Waals surface area contributed by atoms with E-state index >= 15 is 0 Å². The predicted molar refractivity (Wildman–Crippen MR) is 80.4 cm³/mol. The molecular formula is C12H18Cl2N2O2S. The summed E-state index contributed by atoms with van der Waals surface area (Å²) in [5.74, 6) is 0.0442. The van der Waals surface area contributed by atoms with Crippen LogP contribution in [0, 0.1) is 0 Å². The fourth-order valence-corrected chi connectivity index (χ4v) is 2.75. The Morgan fingerprint density at radius 3 is 2.53 bits per heavy atom. The number of benzene rings is 1. The lowest BCUT2D eigenvalue weighted by Gasteiger charge is -2.17. The van der Waals surface area contributed by atoms with Gasteiger partial charge in [0, 0.05) is 36.7 Å². The summed E-state index contributed by atoms with van der Waals surface area (Å²) in [6.07, 6.45) is 0. The van der Waals surface area contributed by atoms with Crippen LogP contribution in [-0.4, -0.2) is 39.1 Å². The summed E-state index contributed by atoms with van der Waals surface area (Å²) in [5, 5.41) is 4.35. The summed E-state index contributed by atoms with van der Waals surface area (Å²) in [7, 11) is -0.142. The summed E-state index contributed by atoms with van der Waals surface area (Å²) in [6.45, 7) is 2.27. The summed E-state index contributed by atoms with van der Waals surface area (Å²) < 4.78 is 24.4. The van der Waals surface area contributed by atoms with E-state index in [1.54, 1.807) is 18.2 Å². The van der Waals surface area contributed by atoms with Crippen LogP contribution in [0.4, 0.5) is 0 Å². The third kappa shape index (κ3) is 4.93. The van der Waals surface area contributed by atoms with Crippen molar-refractivity contribution in [3.63, 3.8) is 0 Å². The van der Waals surface area contributed by atoms with Crippen molar-refractivity contribution in [3.05, 3.63) is 33.8 Å². The molecule has 0 amide bonds. The van der Waals surface area contributed by atoms with Gasteiger partial charge < -0.3 is 5.32 Å². The van der Waals surface area contributed by atoms with Gasteiger partial charge in [0.15, 0.2) is 0 Å². The molecule has 4 nitrogen and oxygen atoms in total. The molecule has 0 aliphatic carbocycles. The Balaban J connectivity index is 2.61. The van der Waals surface area contributed by atoms with Gasteiger partial charge >= 0.3 is 0 Å². The van der Waals surface area contributed by atoms with Crippen LogP contribution in [0.1, 0.15) is 18.5 Å². The van der Waals surface area contributed by atoms with Crippen LogP contribution in [0.25, 0.3) is 0 Å². The predicted octanol–water partition coefficient (Wildman–Crippen LogP) is 2.54. The zero-order chi connectivity index (χ0) is 14.6. The molecule has 0 aliphatic heterocycles. The Morgan fingerprint density at radius 1 is 1.32 bits per heavy atom. The molecule has 1 unspecified atom stereocenters. The molecule has 0 radical (unpaired) electrons. The van der Waals surface area contributed by atoms with Gasteiger partial charge in [-0.2, -0.15) is 0 Å². The van der Waals surface area contributed by atoms with E-state index in [-0.39, 0.29) is 11.8 Å². The lowest BCUT2D eigenvalue weighted by atomic mass is 10.1. The first-order chi connectivity index (χ1) is 8.74. The Hall–Kier alpha value is -0.330. The van der Waals surface area contributed by atoms with Crippen molar-refractivity contribution >= 4 is 33.2 Å². The van der Waals surface area contributed by atoms with E-state index in [1.165, 1.54) is 18.4 Å². The van der Waals surface area contributed by atoms with Crippen molar-refractivity contribution < 1.29 is 8.42 Å². The summed E-state index contributed by atoms with van der Waals surface area (Å²) in [4.78, 5) is 0. The molecule has 0 saturated heterocycles. The number of hydrogen-bond donors (Lipinski definition) is 1. The zero-order valence-electron chi connectivity index (χ0n) is 11.2. The first kappa shape index (κ1) is 16.7. The average Bonchev–Trinajstić information content (AvgIpc) is 2.31. The van der Waals surface area contributed by atoms with Crippen LogP contribution < -0.4 is 5.32 Å². The van der Waals surface area contributed by atoms with Gasteiger partial charge in [-0.1, -0.05) is 23.2 Å². The van der Waals surface area contributed by atoms with E-state index in [9.17, 15) is 8.42 Å². The summed E-state index contributed by atoms with van der Waals surface area (Å²) >= 11 is 12.0. The van der Waals surface area contributed by atoms with Crippen molar-refractivity contribution in [2.75, 3.05) is 26.4 Å². The van der Waals surface area contributed by atoms with Gasteiger partial charge in [-0.05, 0) is 30.7 Å². The number of nitrogens with one attached hydrogen (secondary N) is 1. The maximum Gasteiger partial charge on any atom is 0.214 e. The van der Waals surface area contributed by atoms with Gasteiger partial charge in [0.05, 0.1) is 5.75 Å². The second kappa shape index (κ2) is 6.90. The third-order valence-corrected chi connectivity index (χ3v) is 5.20. The lowest BCUT2D eigenvalue weighted by molar-refractivity contribution is 0.512. The standard InChI is InChI=1S/C12H18Cl2N2O2S/c1-9(11-8-10(13)4-5-12(11)14)15-6-7-19(17,18)16(2)3/h4-5,8-9,15H,6-7H2,1-3H3. The van der Waals surface area contributed by atoms with E-state index in [4.69, 9.17) is 23.2 Å². The van der Waals surface area contributed by atoms with Crippen LogP contribution in [-0.2, 0) is 10.0 Å². The maximum atomic E-state index is 11.6. The molecular weight excluding hydrogens is 307 g/mol. The average molecular weight is 325 g/mol. The van der Waals surface area contributed by atoms with Crippen molar-refractivity contribution in [1.29, 1.82) is 0 Å². The molecule has 0 aromatic heterocycles. The molecule has 0 heterocycles. The molecule has 7 heteroatoms. The van der Waals surface area contributed by atoms with Crippen LogP contribution in [0.3, 0.4) is 0 Å². The molecule has 1 aromatic rings. The van der Waals surface area contributed by atoms with Crippen molar-refractivity contribution in [2.45, 2.75) is 13.0 Å². The van der Waals surface area contributed by atoms with Crippen molar-refractivity contribution in [2.24, 2.45) is 0 Å². The number of halogens is 2. The minimum absolute atomic E-state index is 0.0442. The smallest absolute Gasteiger partial charge is 0.214 e. The maximum absolute atomic E-state index is 11.6. The molecule has 0 bridgehead atoms. The van der Waals surface area contributed by atoms with E-state index < -0.39 is 10.0 Å². The van der Waals surface area contributed by atoms with Crippen LogP contribution in [0.2, 0.25) is 10.0 Å². The normalized spacial score (nSPS) is 13.8. The second-order valence-corrected chi connectivity index (χ2v) is 7.59. The van der Waals surface area contributed by atoms with E-state index in [2.05, 4.69) is 5.32 Å². The Morgan fingerprint density at radius 2 is 1.95 bits per heavy atom.